The molecule has 0 bridgehead atoms. The molecule has 0 saturated heterocycles. The first-order chi connectivity index (χ1) is 8.41. The minimum Gasteiger partial charge on any atom is -0.480 e. The van der Waals surface area contributed by atoms with Gasteiger partial charge in [-0.3, -0.25) is 4.79 Å². The molecule has 0 aromatic carbocycles. The molecule has 18 heavy (non-hydrogen) atoms. The van der Waals surface area contributed by atoms with Crippen LogP contribution >= 0.6 is 0 Å². The Morgan fingerprint density at radius 2 is 1.89 bits per heavy atom. The average molecular weight is 255 g/mol. The Labute approximate surface area is 109 Å². The Balaban J connectivity index is 2.57. The van der Waals surface area contributed by atoms with E-state index >= 15 is 0 Å². The number of carbonyl (C=O) groups is 2. The van der Waals surface area contributed by atoms with Crippen molar-refractivity contribution >= 4 is 11.9 Å². The van der Waals surface area contributed by atoms with Gasteiger partial charge in [-0.1, -0.05) is 33.6 Å². The van der Waals surface area contributed by atoms with Crippen LogP contribution in [0.15, 0.2) is 0 Å². The number of carbonyl (C=O) groups excluding carboxylic acids is 1. The van der Waals surface area contributed by atoms with Gasteiger partial charge < -0.3 is 10.4 Å². The Morgan fingerprint density at radius 1 is 1.28 bits per heavy atom. The minimum absolute atomic E-state index is 0.00670. The number of amides is 1. The van der Waals surface area contributed by atoms with Crippen LogP contribution in [0.1, 0.15) is 52.9 Å². The van der Waals surface area contributed by atoms with Gasteiger partial charge in [-0.05, 0) is 31.1 Å². The third-order valence-electron chi connectivity index (χ3n) is 3.77. The summed E-state index contributed by atoms with van der Waals surface area (Å²) in [6, 6.07) is -0.744. The van der Waals surface area contributed by atoms with E-state index in [-0.39, 0.29) is 17.7 Å². The van der Waals surface area contributed by atoms with Crippen molar-refractivity contribution in [3.8, 4) is 0 Å². The molecular formula is C14H25NO3. The molecule has 4 nitrogen and oxygen atoms in total. The van der Waals surface area contributed by atoms with Crippen LogP contribution in [0.3, 0.4) is 0 Å². The molecule has 0 aliphatic heterocycles. The molecule has 1 aliphatic carbocycles. The summed E-state index contributed by atoms with van der Waals surface area (Å²) < 4.78 is 0. The highest BCUT2D eigenvalue weighted by Crippen LogP contribution is 2.29. The van der Waals surface area contributed by atoms with E-state index in [0.717, 1.165) is 19.3 Å². The number of carboxylic acid groups (broad SMARTS) is 1. The van der Waals surface area contributed by atoms with Gasteiger partial charge in [-0.25, -0.2) is 4.79 Å². The molecule has 0 unspecified atom stereocenters. The number of aliphatic carboxylic acids is 1. The number of rotatable bonds is 5. The molecule has 3 atom stereocenters. The van der Waals surface area contributed by atoms with Gasteiger partial charge in [0, 0.05) is 5.92 Å². The van der Waals surface area contributed by atoms with Crippen molar-refractivity contribution < 1.29 is 14.7 Å². The van der Waals surface area contributed by atoms with Crippen LogP contribution in [-0.4, -0.2) is 23.0 Å². The fourth-order valence-corrected chi connectivity index (χ4v) is 2.68. The monoisotopic (exact) mass is 255 g/mol. The van der Waals surface area contributed by atoms with E-state index in [0.29, 0.717) is 12.3 Å². The van der Waals surface area contributed by atoms with Crippen molar-refractivity contribution in [1.82, 2.24) is 5.32 Å². The lowest BCUT2D eigenvalue weighted by Gasteiger charge is -2.29. The highest BCUT2D eigenvalue weighted by atomic mass is 16.4. The zero-order valence-corrected chi connectivity index (χ0v) is 11.6. The highest BCUT2D eigenvalue weighted by molar-refractivity contribution is 5.85. The van der Waals surface area contributed by atoms with E-state index < -0.39 is 12.0 Å². The van der Waals surface area contributed by atoms with Gasteiger partial charge in [0.15, 0.2) is 0 Å². The Morgan fingerprint density at radius 3 is 2.39 bits per heavy atom. The molecule has 0 radical (unpaired) electrons. The first-order valence-electron chi connectivity index (χ1n) is 6.95. The maximum Gasteiger partial charge on any atom is 0.326 e. The Kier molecular flexibility index (Phi) is 5.63. The molecule has 1 fully saturated rings. The largest absolute Gasteiger partial charge is 0.480 e. The average Bonchev–Trinajstić information content (AvgIpc) is 2.27. The Bertz CT molecular complexity index is 301. The lowest BCUT2D eigenvalue weighted by Crippen LogP contribution is -2.46. The van der Waals surface area contributed by atoms with Crippen LogP contribution in [-0.2, 0) is 9.59 Å². The Hall–Kier alpha value is -1.06. The van der Waals surface area contributed by atoms with E-state index in [9.17, 15) is 9.59 Å². The van der Waals surface area contributed by atoms with E-state index in [4.69, 9.17) is 5.11 Å². The minimum atomic E-state index is -0.930. The molecule has 0 heterocycles. The van der Waals surface area contributed by atoms with Gasteiger partial charge in [0.2, 0.25) is 5.91 Å². The molecule has 1 amide bonds. The quantitative estimate of drug-likeness (QED) is 0.793. The number of nitrogens with one attached hydrogen (secondary N) is 1. The molecule has 1 rings (SSSR count). The van der Waals surface area contributed by atoms with Crippen molar-refractivity contribution in [1.29, 1.82) is 0 Å². The third-order valence-corrected chi connectivity index (χ3v) is 3.77. The summed E-state index contributed by atoms with van der Waals surface area (Å²) in [5, 5.41) is 11.8. The van der Waals surface area contributed by atoms with Crippen LogP contribution < -0.4 is 5.32 Å². The molecule has 0 spiro atoms. The zero-order chi connectivity index (χ0) is 13.7. The van der Waals surface area contributed by atoms with Crippen LogP contribution in [0, 0.1) is 17.8 Å². The topological polar surface area (TPSA) is 66.4 Å². The number of hydrogen-bond acceptors (Lipinski definition) is 2. The van der Waals surface area contributed by atoms with Crippen LogP contribution in [0.4, 0.5) is 0 Å². The van der Waals surface area contributed by atoms with E-state index in [1.165, 1.54) is 6.42 Å². The first-order valence-corrected chi connectivity index (χ1v) is 6.95. The van der Waals surface area contributed by atoms with E-state index in [1.807, 2.05) is 13.8 Å². The van der Waals surface area contributed by atoms with Crippen LogP contribution in [0.2, 0.25) is 0 Å². The summed E-state index contributed by atoms with van der Waals surface area (Å²) in [6.07, 6.45) is 4.70. The zero-order valence-electron chi connectivity index (χ0n) is 11.6. The molecule has 1 saturated carbocycles. The molecule has 1 aliphatic rings. The standard InChI is InChI=1S/C14H25NO3/c1-9(2)8-12(14(17)18)15-13(16)11-7-5-4-6-10(11)3/h9-12H,4-8H2,1-3H3,(H,15,16)(H,17,18)/t10-,11-,12-/m0/s1. The van der Waals surface area contributed by atoms with Gasteiger partial charge >= 0.3 is 5.97 Å². The van der Waals surface area contributed by atoms with Gasteiger partial charge in [0.25, 0.3) is 0 Å². The lowest BCUT2D eigenvalue weighted by molar-refractivity contribution is -0.143. The van der Waals surface area contributed by atoms with Crippen molar-refractivity contribution in [3.63, 3.8) is 0 Å². The van der Waals surface area contributed by atoms with E-state index in [2.05, 4.69) is 12.2 Å². The van der Waals surface area contributed by atoms with Crippen molar-refractivity contribution in [2.24, 2.45) is 17.8 Å². The molecule has 104 valence electrons. The SMILES string of the molecule is CC(C)C[C@H](NC(=O)[C@H]1CCCC[C@@H]1C)C(=O)O. The fourth-order valence-electron chi connectivity index (χ4n) is 2.68. The number of hydrogen-bond donors (Lipinski definition) is 2. The first kappa shape index (κ1) is 15.0. The molecular weight excluding hydrogens is 230 g/mol. The maximum absolute atomic E-state index is 12.1. The van der Waals surface area contributed by atoms with Crippen LogP contribution in [0.25, 0.3) is 0 Å². The third kappa shape index (κ3) is 4.31. The molecule has 0 aromatic heterocycles. The van der Waals surface area contributed by atoms with Crippen LogP contribution in [0.5, 0.6) is 0 Å². The molecule has 2 N–H and O–H groups in total. The van der Waals surface area contributed by atoms with Crippen molar-refractivity contribution in [2.75, 3.05) is 0 Å². The summed E-state index contributed by atoms with van der Waals surface area (Å²) >= 11 is 0. The smallest absolute Gasteiger partial charge is 0.326 e. The highest BCUT2D eigenvalue weighted by Gasteiger charge is 2.30. The fraction of sp³-hybridized carbons (Fsp3) is 0.857. The van der Waals surface area contributed by atoms with Crippen molar-refractivity contribution in [2.45, 2.75) is 58.9 Å². The normalized spacial score (nSPS) is 25.8. The molecule has 4 heteroatoms. The second-order valence-corrected chi connectivity index (χ2v) is 5.90. The van der Waals surface area contributed by atoms with Gasteiger partial charge in [-0.15, -0.1) is 0 Å². The predicted octanol–water partition coefficient (Wildman–Crippen LogP) is 2.43. The maximum atomic E-state index is 12.1. The predicted molar refractivity (Wildman–Crippen MR) is 70.1 cm³/mol. The second-order valence-electron chi connectivity index (χ2n) is 5.90. The van der Waals surface area contributed by atoms with Gasteiger partial charge in [0.05, 0.1) is 0 Å². The summed E-state index contributed by atoms with van der Waals surface area (Å²) in [6.45, 7) is 6.01. The summed E-state index contributed by atoms with van der Waals surface area (Å²) in [7, 11) is 0. The van der Waals surface area contributed by atoms with Gasteiger partial charge in [-0.2, -0.15) is 0 Å². The van der Waals surface area contributed by atoms with E-state index in [1.54, 1.807) is 0 Å². The van der Waals surface area contributed by atoms with Crippen molar-refractivity contribution in [3.05, 3.63) is 0 Å². The summed E-state index contributed by atoms with van der Waals surface area (Å²) in [5.74, 6) is -0.383. The summed E-state index contributed by atoms with van der Waals surface area (Å²) in [5.41, 5.74) is 0. The van der Waals surface area contributed by atoms with Gasteiger partial charge in [0.1, 0.15) is 6.04 Å². The summed E-state index contributed by atoms with van der Waals surface area (Å²) in [4.78, 5) is 23.3. The molecule has 0 aromatic rings. The second kappa shape index (κ2) is 6.76. The lowest BCUT2D eigenvalue weighted by atomic mass is 9.80. The number of carboxylic acids is 1.